The van der Waals surface area contributed by atoms with Gasteiger partial charge in [-0.15, -0.1) is 0 Å². The van der Waals surface area contributed by atoms with E-state index >= 15 is 0 Å². The Labute approximate surface area is 450 Å². The van der Waals surface area contributed by atoms with Gasteiger partial charge in [0.05, 0.1) is 0 Å². The van der Waals surface area contributed by atoms with Crippen LogP contribution in [-0.4, -0.2) is 126 Å². The van der Waals surface area contributed by atoms with Crippen LogP contribution in [0.25, 0.3) is 11.1 Å². The van der Waals surface area contributed by atoms with Crippen LogP contribution in [0.1, 0.15) is 152 Å². The monoisotopic (exact) mass is 1030 g/mol. The SMILES string of the molecule is CN(C)C(=O)COc1c2cc(C(C)(C)C)cc1Cc1cc(C(C)(C)C)cc(c1OCC(=O)N(C)C)CCCc1cc(C(C)(C)C)cc(c1OCC(=O)N(C)C)-c1cc(C(C)(C)C)cc(c1OCC(=O)N(C)C)CCC2. The first kappa shape index (κ1) is 59.8. The topological polar surface area (TPSA) is 118 Å². The number of nitrogens with zero attached hydrogens (tertiary/aromatic N) is 4. The predicted octanol–water partition coefficient (Wildman–Crippen LogP) is 10.7. The van der Waals surface area contributed by atoms with Crippen LogP contribution in [-0.2, 0) is 72.9 Å². The number of carbonyl (C=O) groups is 4. The smallest absolute Gasteiger partial charge is 0.259 e. The highest BCUT2D eigenvalue weighted by molar-refractivity contribution is 5.83. The third-order valence-electron chi connectivity index (χ3n) is 14.1. The molecule has 410 valence electrons. The molecule has 0 spiro atoms. The summed E-state index contributed by atoms with van der Waals surface area (Å²) in [6.45, 7) is 25.8. The highest BCUT2D eigenvalue weighted by Gasteiger charge is 2.30. The van der Waals surface area contributed by atoms with E-state index in [0.29, 0.717) is 67.9 Å². The van der Waals surface area contributed by atoms with E-state index in [2.05, 4.69) is 132 Å². The quantitative estimate of drug-likeness (QED) is 0.138. The van der Waals surface area contributed by atoms with Crippen molar-refractivity contribution in [1.29, 1.82) is 0 Å². The van der Waals surface area contributed by atoms with Gasteiger partial charge in [0, 0.05) is 73.9 Å². The minimum Gasteiger partial charge on any atom is -0.483 e. The molecule has 1 aliphatic rings. The first-order valence-corrected chi connectivity index (χ1v) is 26.7. The summed E-state index contributed by atoms with van der Waals surface area (Å²) in [4.78, 5) is 59.9. The number of hydrogen-bond donors (Lipinski definition) is 0. The lowest BCUT2D eigenvalue weighted by molar-refractivity contribution is -0.131. The van der Waals surface area contributed by atoms with Gasteiger partial charge in [-0.3, -0.25) is 19.2 Å². The molecule has 12 nitrogen and oxygen atoms in total. The Balaban J connectivity index is 1.96. The largest absolute Gasteiger partial charge is 0.483 e. The average molecular weight is 1030 g/mol. The van der Waals surface area contributed by atoms with Gasteiger partial charge in [-0.25, -0.2) is 0 Å². The second-order valence-corrected chi connectivity index (χ2v) is 25.5. The van der Waals surface area contributed by atoms with Crippen LogP contribution < -0.4 is 18.9 Å². The molecule has 8 bridgehead atoms. The van der Waals surface area contributed by atoms with Crippen LogP contribution in [0.4, 0.5) is 0 Å². The van der Waals surface area contributed by atoms with E-state index in [1.54, 1.807) is 66.2 Å². The number of fused-ring (bicyclic) bond motifs is 9. The number of hydrogen-bond acceptors (Lipinski definition) is 8. The van der Waals surface area contributed by atoms with E-state index in [1.165, 1.54) is 9.80 Å². The van der Waals surface area contributed by atoms with E-state index in [9.17, 15) is 19.2 Å². The molecular formula is C63H90N4O8. The summed E-state index contributed by atoms with van der Waals surface area (Å²) >= 11 is 0. The molecule has 0 saturated carbocycles. The van der Waals surface area contributed by atoms with Crippen molar-refractivity contribution >= 4 is 23.6 Å². The normalized spacial score (nSPS) is 13.4. The van der Waals surface area contributed by atoms with Gasteiger partial charge >= 0.3 is 0 Å². The first-order valence-electron chi connectivity index (χ1n) is 26.7. The number of benzene rings is 4. The van der Waals surface area contributed by atoms with Crippen molar-refractivity contribution in [2.24, 2.45) is 0 Å². The number of likely N-dealkylation sites (N-methyl/N-ethyl adjacent to an activating group) is 4. The van der Waals surface area contributed by atoms with Gasteiger partial charge < -0.3 is 38.5 Å². The zero-order chi connectivity index (χ0) is 56.1. The van der Waals surface area contributed by atoms with Gasteiger partial charge in [0.25, 0.3) is 23.6 Å². The van der Waals surface area contributed by atoms with Gasteiger partial charge in [0.15, 0.2) is 26.4 Å². The minimum atomic E-state index is -0.296. The Hall–Kier alpha value is -6.04. The maximum Gasteiger partial charge on any atom is 0.259 e. The third-order valence-corrected chi connectivity index (χ3v) is 14.1. The fourth-order valence-corrected chi connectivity index (χ4v) is 8.93. The molecule has 0 heterocycles. The zero-order valence-corrected chi connectivity index (χ0v) is 49.5. The van der Waals surface area contributed by atoms with Crippen molar-refractivity contribution in [3.05, 3.63) is 104 Å². The van der Waals surface area contributed by atoms with Crippen LogP contribution in [0.3, 0.4) is 0 Å². The maximum atomic E-state index is 13.5. The van der Waals surface area contributed by atoms with E-state index in [4.69, 9.17) is 18.9 Å². The van der Waals surface area contributed by atoms with E-state index in [1.807, 2.05) is 0 Å². The molecule has 5 rings (SSSR count). The molecule has 12 heteroatoms. The second-order valence-electron chi connectivity index (χ2n) is 25.5. The molecule has 0 aromatic heterocycles. The van der Waals surface area contributed by atoms with Crippen molar-refractivity contribution in [2.75, 3.05) is 82.8 Å². The fraction of sp³-hybridized carbons (Fsp3) is 0.556. The molecule has 4 amide bonds. The number of carbonyl (C=O) groups excluding carboxylic acids is 4. The Morgan fingerprint density at radius 1 is 0.347 bits per heavy atom. The Kier molecular flexibility index (Phi) is 19.1. The van der Waals surface area contributed by atoms with Crippen LogP contribution in [0, 0.1) is 0 Å². The number of aryl methyl sites for hydroxylation is 4. The molecule has 0 aliphatic heterocycles. The molecule has 0 saturated heterocycles. The van der Waals surface area contributed by atoms with Crippen molar-refractivity contribution < 1.29 is 38.1 Å². The van der Waals surface area contributed by atoms with E-state index < -0.39 is 0 Å². The lowest BCUT2D eigenvalue weighted by Gasteiger charge is -2.28. The molecule has 4 aromatic carbocycles. The lowest BCUT2D eigenvalue weighted by atomic mass is 9.80. The number of rotatable bonds is 12. The summed E-state index contributed by atoms with van der Waals surface area (Å²) in [5.74, 6) is 1.83. The fourth-order valence-electron chi connectivity index (χ4n) is 8.93. The summed E-state index contributed by atoms with van der Waals surface area (Å²) in [6, 6.07) is 17.7. The van der Waals surface area contributed by atoms with Crippen molar-refractivity contribution in [3.63, 3.8) is 0 Å². The molecule has 4 aromatic rings. The molecule has 0 N–H and O–H groups in total. The van der Waals surface area contributed by atoms with Crippen molar-refractivity contribution in [2.45, 2.75) is 150 Å². The Morgan fingerprint density at radius 3 is 0.800 bits per heavy atom. The van der Waals surface area contributed by atoms with Crippen LogP contribution in [0.15, 0.2) is 48.5 Å². The zero-order valence-electron chi connectivity index (χ0n) is 49.5. The number of ether oxygens (including phenoxy) is 4. The van der Waals surface area contributed by atoms with Crippen LogP contribution in [0.5, 0.6) is 23.0 Å². The standard InChI is InChI=1S/C63H90N4O8/c1-60(2,3)46-28-40-23-21-25-42-30-48(62(7,8)9)34-50(58(42)74-38-54(70)66(17)18)51-35-49(63(10,11)12)31-43(59(51)75-39-55(71)67(19)20)26-22-24-41-29-47(61(4,5)6)33-45(57(41)73-37-53(69)65(15)16)27-44(32-46)56(40)72-36-52(68)64(13)14/h28-35H,21-27,36-39H2,1-20H3. The average Bonchev–Trinajstić information content (AvgIpc) is 3.29. The van der Waals surface area contributed by atoms with Crippen molar-refractivity contribution in [1.82, 2.24) is 19.6 Å². The van der Waals surface area contributed by atoms with Crippen LogP contribution >= 0.6 is 0 Å². The Morgan fingerprint density at radius 2 is 0.560 bits per heavy atom. The van der Waals surface area contributed by atoms with E-state index in [-0.39, 0.29) is 71.7 Å². The minimum absolute atomic E-state index is 0.149. The summed E-state index contributed by atoms with van der Waals surface area (Å²) < 4.78 is 27.1. The highest BCUT2D eigenvalue weighted by Crippen LogP contribution is 2.47. The van der Waals surface area contributed by atoms with Gasteiger partial charge in [-0.05, 0) is 128 Å². The molecule has 1 aliphatic carbocycles. The summed E-state index contributed by atoms with van der Waals surface area (Å²) in [5, 5.41) is 0. The molecule has 0 unspecified atom stereocenters. The Bertz CT molecular complexity index is 2540. The van der Waals surface area contributed by atoms with Gasteiger partial charge in [-0.1, -0.05) is 119 Å². The summed E-state index contributed by atoms with van der Waals surface area (Å²) in [7, 11) is 13.8. The highest BCUT2D eigenvalue weighted by atomic mass is 16.5. The molecular weight excluding hydrogens is 941 g/mol. The maximum absolute atomic E-state index is 13.5. The molecule has 75 heavy (non-hydrogen) atoms. The second kappa shape index (κ2) is 23.9. The van der Waals surface area contributed by atoms with Crippen LogP contribution in [0.2, 0.25) is 0 Å². The third kappa shape index (κ3) is 15.5. The molecule has 0 fully saturated rings. The first-order chi connectivity index (χ1) is 34.7. The summed E-state index contributed by atoms with van der Waals surface area (Å²) in [5.41, 5.74) is 10.6. The lowest BCUT2D eigenvalue weighted by Crippen LogP contribution is -2.28. The molecule has 0 radical (unpaired) electrons. The molecule has 0 atom stereocenters. The summed E-state index contributed by atoms with van der Waals surface area (Å²) in [6.07, 6.45) is 4.06. The van der Waals surface area contributed by atoms with Gasteiger partial charge in [0.2, 0.25) is 0 Å². The predicted molar refractivity (Wildman–Crippen MR) is 303 cm³/mol. The van der Waals surface area contributed by atoms with Gasteiger partial charge in [-0.2, -0.15) is 0 Å². The van der Waals surface area contributed by atoms with Gasteiger partial charge in [0.1, 0.15) is 23.0 Å². The van der Waals surface area contributed by atoms with E-state index in [0.717, 1.165) is 66.8 Å². The van der Waals surface area contributed by atoms with Crippen molar-refractivity contribution in [3.8, 4) is 34.1 Å². The number of amides is 4.